The molecule has 0 aromatic heterocycles. The topological polar surface area (TPSA) is 212 Å². The first-order valence-electron chi connectivity index (χ1n) is 8.65. The van der Waals surface area contributed by atoms with E-state index in [1.54, 1.807) is 0 Å². The molecular formula is C15H29N3O9. The predicted octanol–water partition coefficient (Wildman–Crippen LogP) is -4.74. The molecule has 0 bridgehead atoms. The van der Waals surface area contributed by atoms with Crippen LogP contribution in [0.5, 0.6) is 0 Å². The van der Waals surface area contributed by atoms with Gasteiger partial charge in [0.1, 0.15) is 0 Å². The number of hydrogen-bond acceptors (Lipinski definition) is 10. The molecule has 0 saturated heterocycles. The van der Waals surface area contributed by atoms with Gasteiger partial charge in [-0.25, -0.2) is 0 Å². The molecule has 1 fully saturated rings. The largest absolute Gasteiger partial charge is 0.481 e. The number of carboxylic acids is 2. The molecule has 0 aliphatic heterocycles. The number of nitrogens with one attached hydrogen (secondary N) is 3. The molecule has 158 valence electrons. The van der Waals surface area contributed by atoms with Crippen molar-refractivity contribution in [3.05, 3.63) is 0 Å². The molecule has 0 radical (unpaired) electrons. The molecule has 1 aliphatic rings. The van der Waals surface area contributed by atoms with E-state index >= 15 is 0 Å². The molecule has 0 heterocycles. The van der Waals surface area contributed by atoms with Crippen molar-refractivity contribution in [2.75, 3.05) is 26.2 Å². The number of rotatable bonds is 12. The van der Waals surface area contributed by atoms with Crippen molar-refractivity contribution >= 4 is 11.9 Å². The van der Waals surface area contributed by atoms with Gasteiger partial charge >= 0.3 is 11.9 Å². The van der Waals surface area contributed by atoms with E-state index in [1.165, 1.54) is 0 Å². The fourth-order valence-corrected chi connectivity index (χ4v) is 3.03. The van der Waals surface area contributed by atoms with Crippen LogP contribution in [-0.2, 0) is 9.59 Å². The fraction of sp³-hybridized carbons (Fsp3) is 0.867. The minimum Gasteiger partial charge on any atom is -0.481 e. The van der Waals surface area contributed by atoms with E-state index in [2.05, 4.69) is 16.0 Å². The maximum absolute atomic E-state index is 10.7. The number of hydrogen-bond donors (Lipinski definition) is 10. The molecule has 0 aromatic rings. The van der Waals surface area contributed by atoms with Crippen LogP contribution in [-0.4, -0.2) is 116 Å². The van der Waals surface area contributed by atoms with Crippen LogP contribution in [0.2, 0.25) is 0 Å². The van der Waals surface area contributed by atoms with Gasteiger partial charge in [-0.15, -0.1) is 0 Å². The Labute approximate surface area is 155 Å². The van der Waals surface area contributed by atoms with Crippen molar-refractivity contribution in [3.63, 3.8) is 0 Å². The molecule has 0 aromatic carbocycles. The Morgan fingerprint density at radius 2 is 1.15 bits per heavy atom. The van der Waals surface area contributed by atoms with Gasteiger partial charge in [-0.05, 0) is 0 Å². The van der Waals surface area contributed by atoms with Crippen LogP contribution >= 0.6 is 0 Å². The molecule has 1 aliphatic carbocycles. The Balaban J connectivity index is 2.86. The van der Waals surface area contributed by atoms with E-state index in [9.17, 15) is 30.0 Å². The highest BCUT2D eigenvalue weighted by molar-refractivity contribution is 5.67. The maximum atomic E-state index is 10.7. The van der Waals surface area contributed by atoms with Gasteiger partial charge < -0.3 is 51.7 Å². The first-order valence-corrected chi connectivity index (χ1v) is 8.65. The fourth-order valence-electron chi connectivity index (χ4n) is 3.03. The van der Waals surface area contributed by atoms with Crippen LogP contribution in [0.15, 0.2) is 0 Å². The van der Waals surface area contributed by atoms with Crippen LogP contribution in [0.3, 0.4) is 0 Å². The molecule has 1 rings (SSSR count). The average Bonchev–Trinajstić information content (AvgIpc) is 2.59. The van der Waals surface area contributed by atoms with Crippen LogP contribution in [0.25, 0.3) is 0 Å². The summed E-state index contributed by atoms with van der Waals surface area (Å²) in [6.45, 7) is -0.764. The molecule has 10 N–H and O–H groups in total. The summed E-state index contributed by atoms with van der Waals surface area (Å²) < 4.78 is 0. The Kier molecular flexibility index (Phi) is 10.0. The summed E-state index contributed by atoms with van der Waals surface area (Å²) in [6, 6.07) is -3.06. The van der Waals surface area contributed by atoms with Crippen molar-refractivity contribution in [1.29, 1.82) is 0 Å². The number of aliphatic hydroxyl groups is 5. The summed E-state index contributed by atoms with van der Waals surface area (Å²) in [5.74, 6) is -2.14. The third kappa shape index (κ3) is 7.27. The summed E-state index contributed by atoms with van der Waals surface area (Å²) in [4.78, 5) is 21.3. The van der Waals surface area contributed by atoms with Crippen LogP contribution in [0.1, 0.15) is 12.8 Å². The lowest BCUT2D eigenvalue weighted by Gasteiger charge is -2.47. The van der Waals surface area contributed by atoms with E-state index < -0.39 is 61.1 Å². The molecule has 27 heavy (non-hydrogen) atoms. The molecule has 12 nitrogen and oxygen atoms in total. The number of carboxylic acid groups (broad SMARTS) is 2. The lowest BCUT2D eigenvalue weighted by atomic mass is 9.79. The Morgan fingerprint density at radius 1 is 0.778 bits per heavy atom. The highest BCUT2D eigenvalue weighted by Crippen LogP contribution is 2.22. The average molecular weight is 395 g/mol. The Bertz CT molecular complexity index is 447. The maximum Gasteiger partial charge on any atom is 0.304 e. The molecule has 5 unspecified atom stereocenters. The highest BCUT2D eigenvalue weighted by Gasteiger charge is 2.48. The second-order valence-electron chi connectivity index (χ2n) is 6.49. The minimum atomic E-state index is -1.34. The van der Waals surface area contributed by atoms with E-state index in [-0.39, 0.29) is 32.5 Å². The first kappa shape index (κ1) is 23.7. The normalized spacial score (nSPS) is 32.2. The first-order chi connectivity index (χ1) is 12.7. The Hall–Kier alpha value is -1.38. The zero-order chi connectivity index (χ0) is 20.6. The summed E-state index contributed by atoms with van der Waals surface area (Å²) >= 11 is 0. The van der Waals surface area contributed by atoms with Crippen LogP contribution in [0.4, 0.5) is 0 Å². The predicted molar refractivity (Wildman–Crippen MR) is 91.0 cm³/mol. The SMILES string of the molecule is O=C(O)CCNC1C(O)C(NCCC(=O)O)C(O)C(NCC(O)CO)C1O. The van der Waals surface area contributed by atoms with Gasteiger partial charge in [-0.2, -0.15) is 0 Å². The number of carbonyl (C=O) groups is 2. The van der Waals surface area contributed by atoms with Gasteiger partial charge in [0.25, 0.3) is 0 Å². The number of aliphatic carboxylic acids is 2. The Morgan fingerprint density at radius 3 is 1.48 bits per heavy atom. The third-order valence-electron chi connectivity index (χ3n) is 4.45. The van der Waals surface area contributed by atoms with Crippen molar-refractivity contribution in [2.24, 2.45) is 0 Å². The van der Waals surface area contributed by atoms with Crippen LogP contribution < -0.4 is 16.0 Å². The van der Waals surface area contributed by atoms with Crippen molar-refractivity contribution < 1.29 is 45.3 Å². The summed E-state index contributed by atoms with van der Waals surface area (Å²) in [5, 5.41) is 75.5. The smallest absolute Gasteiger partial charge is 0.304 e. The van der Waals surface area contributed by atoms with E-state index in [0.717, 1.165) is 0 Å². The van der Waals surface area contributed by atoms with Gasteiger partial charge in [0.2, 0.25) is 0 Å². The van der Waals surface area contributed by atoms with Gasteiger partial charge in [-0.1, -0.05) is 0 Å². The zero-order valence-electron chi connectivity index (χ0n) is 14.7. The minimum absolute atomic E-state index is 0.0436. The molecule has 0 spiro atoms. The van der Waals surface area contributed by atoms with E-state index in [4.69, 9.17) is 15.3 Å². The van der Waals surface area contributed by atoms with Crippen molar-refractivity contribution in [2.45, 2.75) is 55.4 Å². The summed E-state index contributed by atoms with van der Waals surface area (Å²) in [7, 11) is 0. The van der Waals surface area contributed by atoms with E-state index in [0.29, 0.717) is 0 Å². The van der Waals surface area contributed by atoms with Crippen molar-refractivity contribution in [3.8, 4) is 0 Å². The van der Waals surface area contributed by atoms with Gasteiger partial charge in [0.05, 0.1) is 62.0 Å². The number of aliphatic hydroxyl groups excluding tert-OH is 5. The summed E-state index contributed by atoms with van der Waals surface area (Å²) in [6.07, 6.45) is -5.65. The van der Waals surface area contributed by atoms with Gasteiger partial charge in [0, 0.05) is 19.6 Å². The zero-order valence-corrected chi connectivity index (χ0v) is 14.7. The van der Waals surface area contributed by atoms with Gasteiger partial charge in [-0.3, -0.25) is 9.59 Å². The quantitative estimate of drug-likeness (QED) is 0.151. The molecule has 12 heteroatoms. The van der Waals surface area contributed by atoms with Crippen molar-refractivity contribution in [1.82, 2.24) is 16.0 Å². The third-order valence-corrected chi connectivity index (χ3v) is 4.45. The van der Waals surface area contributed by atoms with Crippen LogP contribution in [0, 0.1) is 0 Å². The van der Waals surface area contributed by atoms with Gasteiger partial charge in [0.15, 0.2) is 0 Å². The second kappa shape index (κ2) is 11.5. The molecule has 0 amide bonds. The molecule has 1 saturated carbocycles. The lowest BCUT2D eigenvalue weighted by Crippen LogP contribution is -2.74. The standard InChI is InChI=1S/C15H29N3O9/c19-6-7(20)5-18-12-14(26)10(16-3-1-8(21)22)13(25)11(15(12)27)17-4-2-9(23)24/h7,10-20,25-27H,1-6H2,(H,21,22)(H,23,24). The van der Waals surface area contributed by atoms with E-state index in [1.807, 2.05) is 0 Å². The lowest BCUT2D eigenvalue weighted by molar-refractivity contribution is -0.137. The highest BCUT2D eigenvalue weighted by atomic mass is 16.4. The second-order valence-corrected chi connectivity index (χ2v) is 6.49. The monoisotopic (exact) mass is 395 g/mol. The molecular weight excluding hydrogens is 366 g/mol. The summed E-state index contributed by atoms with van der Waals surface area (Å²) in [5.41, 5.74) is 0. The molecule has 5 atom stereocenters.